The number of halogens is 1. The maximum Gasteiger partial charge on any atom is 0.123 e. The Morgan fingerprint density at radius 1 is 1.25 bits per heavy atom. The minimum Gasteiger partial charge on any atom is -0.398 e. The van der Waals surface area contributed by atoms with E-state index in [1.165, 1.54) is 12.1 Å². The van der Waals surface area contributed by atoms with Crippen molar-refractivity contribution in [2.45, 2.75) is 6.54 Å². The van der Waals surface area contributed by atoms with Crippen LogP contribution in [0, 0.1) is 5.82 Å². The van der Waals surface area contributed by atoms with Crippen molar-refractivity contribution >= 4 is 5.69 Å². The van der Waals surface area contributed by atoms with Gasteiger partial charge in [-0.1, -0.05) is 12.2 Å². The molecule has 1 aromatic rings. The molecule has 2 N–H and O–H groups in total. The highest BCUT2D eigenvalue weighted by molar-refractivity contribution is 5.46. The van der Waals surface area contributed by atoms with Gasteiger partial charge in [-0.2, -0.15) is 0 Å². The molecule has 1 aromatic carbocycles. The third-order valence-corrected chi connectivity index (χ3v) is 2.27. The summed E-state index contributed by atoms with van der Waals surface area (Å²) in [6.07, 6.45) is 3.61. The molecule has 16 heavy (non-hydrogen) atoms. The van der Waals surface area contributed by atoms with Crippen LogP contribution in [0.1, 0.15) is 5.56 Å². The van der Waals surface area contributed by atoms with Gasteiger partial charge < -0.3 is 5.73 Å². The lowest BCUT2D eigenvalue weighted by molar-refractivity contribution is 0.328. The van der Waals surface area contributed by atoms with Crippen LogP contribution in [-0.4, -0.2) is 18.0 Å². The summed E-state index contributed by atoms with van der Waals surface area (Å²) in [4.78, 5) is 2.07. The quantitative estimate of drug-likeness (QED) is 0.589. The van der Waals surface area contributed by atoms with E-state index in [-0.39, 0.29) is 5.82 Å². The molecule has 0 saturated heterocycles. The van der Waals surface area contributed by atoms with Crippen LogP contribution >= 0.6 is 0 Å². The summed E-state index contributed by atoms with van der Waals surface area (Å²) in [5.41, 5.74) is 7.19. The first-order chi connectivity index (χ1) is 7.67. The molecule has 0 saturated carbocycles. The van der Waals surface area contributed by atoms with Crippen LogP contribution in [0.3, 0.4) is 0 Å². The average Bonchev–Trinajstić information content (AvgIpc) is 2.24. The smallest absolute Gasteiger partial charge is 0.123 e. The van der Waals surface area contributed by atoms with Crippen LogP contribution in [0.15, 0.2) is 43.5 Å². The highest BCUT2D eigenvalue weighted by Gasteiger charge is 2.06. The molecule has 0 aliphatic heterocycles. The van der Waals surface area contributed by atoms with E-state index in [0.29, 0.717) is 12.2 Å². The molecule has 86 valence electrons. The van der Waals surface area contributed by atoms with Crippen LogP contribution in [0.2, 0.25) is 0 Å². The van der Waals surface area contributed by atoms with Gasteiger partial charge in [-0.25, -0.2) is 4.39 Å². The molecular weight excluding hydrogens is 203 g/mol. The maximum atomic E-state index is 13.1. The molecule has 0 aliphatic carbocycles. The highest BCUT2D eigenvalue weighted by atomic mass is 19.1. The Bertz CT molecular complexity index is 364. The molecule has 0 atom stereocenters. The fourth-order valence-electron chi connectivity index (χ4n) is 1.52. The van der Waals surface area contributed by atoms with Gasteiger partial charge in [0, 0.05) is 25.3 Å². The second-order valence-electron chi connectivity index (χ2n) is 3.61. The Balaban J connectivity index is 2.79. The number of hydrogen-bond acceptors (Lipinski definition) is 2. The highest BCUT2D eigenvalue weighted by Crippen LogP contribution is 2.15. The normalized spacial score (nSPS) is 10.4. The van der Waals surface area contributed by atoms with Crippen molar-refractivity contribution in [1.29, 1.82) is 0 Å². The van der Waals surface area contributed by atoms with Gasteiger partial charge in [0.05, 0.1) is 0 Å². The van der Waals surface area contributed by atoms with E-state index in [1.807, 2.05) is 0 Å². The van der Waals surface area contributed by atoms with Gasteiger partial charge >= 0.3 is 0 Å². The Morgan fingerprint density at radius 3 is 2.44 bits per heavy atom. The van der Waals surface area contributed by atoms with E-state index in [1.54, 1.807) is 18.2 Å². The molecule has 0 spiro atoms. The van der Waals surface area contributed by atoms with Crippen LogP contribution in [0.25, 0.3) is 0 Å². The first kappa shape index (κ1) is 12.5. The number of nitrogens with two attached hydrogens (primary N) is 1. The molecule has 0 radical (unpaired) electrons. The summed E-state index contributed by atoms with van der Waals surface area (Å²) in [5, 5.41) is 0. The molecule has 0 fully saturated rings. The Labute approximate surface area is 95.9 Å². The van der Waals surface area contributed by atoms with Crippen molar-refractivity contribution in [1.82, 2.24) is 4.90 Å². The van der Waals surface area contributed by atoms with Gasteiger partial charge in [-0.15, -0.1) is 13.2 Å². The molecule has 3 heteroatoms. The lowest BCUT2D eigenvalue weighted by Gasteiger charge is -2.19. The number of hydrogen-bond donors (Lipinski definition) is 1. The van der Waals surface area contributed by atoms with E-state index >= 15 is 0 Å². The summed E-state index contributed by atoms with van der Waals surface area (Å²) in [6, 6.07) is 4.42. The lowest BCUT2D eigenvalue weighted by Crippen LogP contribution is -2.23. The number of anilines is 1. The number of rotatable bonds is 6. The van der Waals surface area contributed by atoms with Gasteiger partial charge in [-0.05, 0) is 23.8 Å². The van der Waals surface area contributed by atoms with E-state index in [2.05, 4.69) is 18.1 Å². The Kier molecular flexibility index (Phi) is 4.73. The van der Waals surface area contributed by atoms with Crippen molar-refractivity contribution in [3.05, 3.63) is 54.9 Å². The average molecular weight is 220 g/mol. The van der Waals surface area contributed by atoms with Crippen molar-refractivity contribution in [2.24, 2.45) is 0 Å². The molecule has 0 unspecified atom stereocenters. The number of benzene rings is 1. The molecule has 1 rings (SSSR count). The van der Waals surface area contributed by atoms with Crippen molar-refractivity contribution in [3.63, 3.8) is 0 Å². The van der Waals surface area contributed by atoms with Crippen LogP contribution in [0.5, 0.6) is 0 Å². The SMILES string of the molecule is C=CCN(CC=C)Cc1cc(F)ccc1N. The molecule has 0 heterocycles. The van der Waals surface area contributed by atoms with Crippen LogP contribution < -0.4 is 5.73 Å². The third-order valence-electron chi connectivity index (χ3n) is 2.27. The molecule has 2 nitrogen and oxygen atoms in total. The largest absolute Gasteiger partial charge is 0.398 e. The van der Waals surface area contributed by atoms with Crippen LogP contribution in [-0.2, 0) is 6.54 Å². The second-order valence-corrected chi connectivity index (χ2v) is 3.61. The predicted octanol–water partition coefficient (Wildman–Crippen LogP) is 2.58. The van der Waals surface area contributed by atoms with E-state index in [9.17, 15) is 4.39 Å². The molecular formula is C13H17FN2. The monoisotopic (exact) mass is 220 g/mol. The summed E-state index contributed by atoms with van der Waals surface area (Å²) in [6.45, 7) is 9.41. The summed E-state index contributed by atoms with van der Waals surface area (Å²) >= 11 is 0. The summed E-state index contributed by atoms with van der Waals surface area (Å²) < 4.78 is 13.1. The fourth-order valence-corrected chi connectivity index (χ4v) is 1.52. The zero-order chi connectivity index (χ0) is 12.0. The van der Waals surface area contributed by atoms with Gasteiger partial charge in [-0.3, -0.25) is 4.90 Å². The van der Waals surface area contributed by atoms with Crippen LogP contribution in [0.4, 0.5) is 10.1 Å². The molecule has 0 aliphatic rings. The van der Waals surface area contributed by atoms with Crippen molar-refractivity contribution in [2.75, 3.05) is 18.8 Å². The minimum absolute atomic E-state index is 0.263. The van der Waals surface area contributed by atoms with E-state index < -0.39 is 0 Å². The Morgan fingerprint density at radius 2 is 1.88 bits per heavy atom. The maximum absolute atomic E-state index is 13.1. The Hall–Kier alpha value is -1.61. The van der Waals surface area contributed by atoms with Gasteiger partial charge in [0.1, 0.15) is 5.82 Å². The summed E-state index contributed by atoms with van der Waals surface area (Å²) in [7, 11) is 0. The number of nitrogens with zero attached hydrogens (tertiary/aromatic N) is 1. The lowest BCUT2D eigenvalue weighted by atomic mass is 10.1. The fraction of sp³-hybridized carbons (Fsp3) is 0.231. The zero-order valence-electron chi connectivity index (χ0n) is 9.32. The molecule has 0 aromatic heterocycles. The van der Waals surface area contributed by atoms with Crippen molar-refractivity contribution in [3.8, 4) is 0 Å². The predicted molar refractivity (Wildman–Crippen MR) is 66.5 cm³/mol. The van der Waals surface area contributed by atoms with Crippen molar-refractivity contribution < 1.29 is 4.39 Å². The molecule has 0 amide bonds. The minimum atomic E-state index is -0.263. The molecule has 0 bridgehead atoms. The first-order valence-corrected chi connectivity index (χ1v) is 5.15. The second kappa shape index (κ2) is 6.08. The summed E-state index contributed by atoms with van der Waals surface area (Å²) in [5.74, 6) is -0.263. The van der Waals surface area contributed by atoms with E-state index in [0.717, 1.165) is 18.7 Å². The number of nitrogen functional groups attached to an aromatic ring is 1. The third kappa shape index (κ3) is 3.51. The standard InChI is InChI=1S/C13H17FN2/c1-3-7-16(8-4-2)10-11-9-12(14)5-6-13(11)15/h3-6,9H,1-2,7-8,10,15H2. The van der Waals surface area contributed by atoms with Gasteiger partial charge in [0.25, 0.3) is 0 Å². The van der Waals surface area contributed by atoms with Gasteiger partial charge in [0.15, 0.2) is 0 Å². The van der Waals surface area contributed by atoms with E-state index in [4.69, 9.17) is 5.73 Å². The zero-order valence-corrected chi connectivity index (χ0v) is 9.32. The topological polar surface area (TPSA) is 29.3 Å². The first-order valence-electron chi connectivity index (χ1n) is 5.15. The van der Waals surface area contributed by atoms with Gasteiger partial charge in [0.2, 0.25) is 0 Å².